The minimum Gasteiger partial charge on any atom is -0.462 e. The SMILES string of the molecule is CC/C=C\C/C=C\C/C=C\C/C=C\C/C=C\CCCCCC(=O)OCC(COC(=O)CCCCCCCCC/C=C\CCCCCC)OC(=O)CCCCCCCC/C=C\C=C/CCCCC. The number of hydrogen-bond acceptors (Lipinski definition) is 6. The topological polar surface area (TPSA) is 78.9 Å². The largest absolute Gasteiger partial charge is 0.462 e. The molecule has 0 aromatic heterocycles. The van der Waals surface area contributed by atoms with Crippen LogP contribution in [0.2, 0.25) is 0 Å². The summed E-state index contributed by atoms with van der Waals surface area (Å²) >= 11 is 0. The summed E-state index contributed by atoms with van der Waals surface area (Å²) in [5.41, 5.74) is 0. The summed E-state index contributed by atoms with van der Waals surface area (Å²) in [4.78, 5) is 38.1. The first kappa shape index (κ1) is 63.3. The lowest BCUT2D eigenvalue weighted by Crippen LogP contribution is -2.30. The van der Waals surface area contributed by atoms with E-state index in [0.717, 1.165) is 109 Å². The van der Waals surface area contributed by atoms with Gasteiger partial charge in [-0.1, -0.05) is 214 Å². The Morgan fingerprint density at radius 2 is 0.627 bits per heavy atom. The van der Waals surface area contributed by atoms with E-state index in [9.17, 15) is 14.4 Å². The summed E-state index contributed by atoms with van der Waals surface area (Å²) in [6.07, 6.45) is 72.4. The number of carbonyl (C=O) groups excluding carboxylic acids is 3. The monoisotopic (exact) mass is 931 g/mol. The summed E-state index contributed by atoms with van der Waals surface area (Å²) in [6, 6.07) is 0. The van der Waals surface area contributed by atoms with Gasteiger partial charge in [0.05, 0.1) is 0 Å². The molecule has 0 aromatic rings. The molecule has 1 atom stereocenters. The van der Waals surface area contributed by atoms with Crippen molar-refractivity contribution in [1.29, 1.82) is 0 Å². The number of esters is 3. The molecule has 67 heavy (non-hydrogen) atoms. The molecule has 0 spiro atoms. The van der Waals surface area contributed by atoms with E-state index in [1.54, 1.807) is 0 Å². The highest BCUT2D eigenvalue weighted by Gasteiger charge is 2.19. The van der Waals surface area contributed by atoms with Crippen LogP contribution in [0.1, 0.15) is 252 Å². The van der Waals surface area contributed by atoms with Crippen molar-refractivity contribution in [2.24, 2.45) is 0 Å². The summed E-state index contributed by atoms with van der Waals surface area (Å²) in [5, 5.41) is 0. The van der Waals surface area contributed by atoms with Crippen LogP contribution in [0.3, 0.4) is 0 Å². The third-order valence-electron chi connectivity index (χ3n) is 11.6. The van der Waals surface area contributed by atoms with Gasteiger partial charge in [0.15, 0.2) is 6.10 Å². The lowest BCUT2D eigenvalue weighted by atomic mass is 10.1. The van der Waals surface area contributed by atoms with E-state index in [1.165, 1.54) is 103 Å². The molecule has 0 radical (unpaired) electrons. The molecule has 6 heteroatoms. The van der Waals surface area contributed by atoms with Crippen LogP contribution in [0.15, 0.2) is 97.2 Å². The van der Waals surface area contributed by atoms with E-state index in [4.69, 9.17) is 14.2 Å². The van der Waals surface area contributed by atoms with Gasteiger partial charge in [0.25, 0.3) is 0 Å². The molecule has 0 amide bonds. The Kier molecular flexibility index (Phi) is 51.9. The average molecular weight is 931 g/mol. The highest BCUT2D eigenvalue weighted by Crippen LogP contribution is 2.14. The summed E-state index contributed by atoms with van der Waals surface area (Å²) in [6.45, 7) is 6.44. The fraction of sp³-hybridized carbons (Fsp3) is 0.689. The van der Waals surface area contributed by atoms with E-state index < -0.39 is 6.10 Å². The number of rotatable bonds is 49. The van der Waals surface area contributed by atoms with Crippen molar-refractivity contribution in [1.82, 2.24) is 0 Å². The molecule has 0 aromatic carbocycles. The molecule has 0 aliphatic rings. The number of carbonyl (C=O) groups is 3. The van der Waals surface area contributed by atoms with Crippen LogP contribution < -0.4 is 0 Å². The molecule has 0 N–H and O–H groups in total. The Hall–Kier alpha value is -3.67. The van der Waals surface area contributed by atoms with Gasteiger partial charge in [-0.25, -0.2) is 0 Å². The van der Waals surface area contributed by atoms with Gasteiger partial charge < -0.3 is 14.2 Å². The molecule has 382 valence electrons. The zero-order valence-electron chi connectivity index (χ0n) is 43.6. The first-order valence-corrected chi connectivity index (χ1v) is 27.8. The number of unbranched alkanes of at least 4 members (excludes halogenated alkanes) is 23. The van der Waals surface area contributed by atoms with Crippen LogP contribution in [-0.4, -0.2) is 37.2 Å². The summed E-state index contributed by atoms with van der Waals surface area (Å²) in [7, 11) is 0. The normalized spacial score (nSPS) is 12.8. The lowest BCUT2D eigenvalue weighted by Gasteiger charge is -2.18. The molecular formula is C61H102O6. The van der Waals surface area contributed by atoms with Gasteiger partial charge in [-0.05, 0) is 116 Å². The van der Waals surface area contributed by atoms with Gasteiger partial charge >= 0.3 is 17.9 Å². The maximum atomic E-state index is 12.8. The van der Waals surface area contributed by atoms with Crippen molar-refractivity contribution >= 4 is 17.9 Å². The summed E-state index contributed by atoms with van der Waals surface area (Å²) < 4.78 is 16.8. The van der Waals surface area contributed by atoms with Gasteiger partial charge in [-0.15, -0.1) is 0 Å². The molecule has 0 saturated heterocycles. The first-order valence-electron chi connectivity index (χ1n) is 27.8. The minimum atomic E-state index is -0.800. The Morgan fingerprint density at radius 3 is 1.06 bits per heavy atom. The molecule has 0 saturated carbocycles. The van der Waals surface area contributed by atoms with Crippen LogP contribution in [0.4, 0.5) is 0 Å². The second kappa shape index (κ2) is 54.9. The Bertz CT molecular complexity index is 1350. The average Bonchev–Trinajstić information content (AvgIpc) is 3.33. The highest BCUT2D eigenvalue weighted by molar-refractivity contribution is 5.71. The quantitative estimate of drug-likeness (QED) is 0.0199. The summed E-state index contributed by atoms with van der Waals surface area (Å²) in [5.74, 6) is -0.944. The smallest absolute Gasteiger partial charge is 0.306 e. The maximum Gasteiger partial charge on any atom is 0.306 e. The second-order valence-electron chi connectivity index (χ2n) is 18.1. The van der Waals surface area contributed by atoms with Crippen molar-refractivity contribution in [3.63, 3.8) is 0 Å². The predicted molar refractivity (Wildman–Crippen MR) is 288 cm³/mol. The third kappa shape index (κ3) is 53.2. The predicted octanol–water partition coefficient (Wildman–Crippen LogP) is 18.5. The molecule has 0 aliphatic carbocycles. The molecular weight excluding hydrogens is 829 g/mol. The second-order valence-corrected chi connectivity index (χ2v) is 18.1. The van der Waals surface area contributed by atoms with Gasteiger partial charge in [0.2, 0.25) is 0 Å². The van der Waals surface area contributed by atoms with Crippen molar-refractivity contribution in [3.8, 4) is 0 Å². The Balaban J connectivity index is 4.48. The van der Waals surface area contributed by atoms with Crippen LogP contribution in [0, 0.1) is 0 Å². The van der Waals surface area contributed by atoms with Gasteiger partial charge in [-0.3, -0.25) is 14.4 Å². The van der Waals surface area contributed by atoms with E-state index >= 15 is 0 Å². The van der Waals surface area contributed by atoms with Gasteiger partial charge in [-0.2, -0.15) is 0 Å². The molecule has 1 unspecified atom stereocenters. The molecule has 0 fully saturated rings. The fourth-order valence-corrected chi connectivity index (χ4v) is 7.39. The van der Waals surface area contributed by atoms with Crippen molar-refractivity contribution in [3.05, 3.63) is 97.2 Å². The Labute approximate surface area is 413 Å². The fourth-order valence-electron chi connectivity index (χ4n) is 7.39. The van der Waals surface area contributed by atoms with E-state index in [2.05, 4.69) is 118 Å². The molecule has 0 heterocycles. The minimum absolute atomic E-state index is 0.0959. The lowest BCUT2D eigenvalue weighted by molar-refractivity contribution is -0.167. The van der Waals surface area contributed by atoms with Crippen LogP contribution in [0.5, 0.6) is 0 Å². The van der Waals surface area contributed by atoms with Crippen molar-refractivity contribution < 1.29 is 28.6 Å². The number of ether oxygens (including phenoxy) is 3. The zero-order chi connectivity index (χ0) is 48.6. The van der Waals surface area contributed by atoms with Gasteiger partial charge in [0.1, 0.15) is 13.2 Å². The van der Waals surface area contributed by atoms with Crippen LogP contribution >= 0.6 is 0 Å². The standard InChI is InChI=1S/C61H102O6/c1-4-7-10-13-16-19-22-25-28-29-30-31-34-36-39-42-45-48-51-54-60(63)66-57-58(67-61(64)55-52-49-46-43-40-37-33-27-24-21-18-15-12-9-6-3)56-65-59(62)53-50-47-44-41-38-35-32-26-23-20-17-14-11-8-5-2/h7,10,16,18-21,23-25,27-28,30-31,36,39,58H,4-6,8-9,11-15,17,22,26,29,32-35,37-38,40-57H2,1-3H3/b10-7-,19-16-,21-18-,23-20-,27-24-,28-25-,31-30-,39-36-. The van der Waals surface area contributed by atoms with Gasteiger partial charge in [0, 0.05) is 19.3 Å². The first-order chi connectivity index (χ1) is 33.0. The van der Waals surface area contributed by atoms with E-state index in [-0.39, 0.29) is 31.1 Å². The third-order valence-corrected chi connectivity index (χ3v) is 11.6. The van der Waals surface area contributed by atoms with Crippen LogP contribution in [0.25, 0.3) is 0 Å². The molecule has 0 bridgehead atoms. The number of allylic oxidation sites excluding steroid dienone is 16. The highest BCUT2D eigenvalue weighted by atomic mass is 16.6. The van der Waals surface area contributed by atoms with E-state index in [0.29, 0.717) is 19.3 Å². The van der Waals surface area contributed by atoms with Crippen molar-refractivity contribution in [2.45, 2.75) is 258 Å². The van der Waals surface area contributed by atoms with Crippen LogP contribution in [-0.2, 0) is 28.6 Å². The molecule has 0 rings (SSSR count). The number of hydrogen-bond donors (Lipinski definition) is 0. The van der Waals surface area contributed by atoms with Crippen molar-refractivity contribution in [2.75, 3.05) is 13.2 Å². The molecule has 6 nitrogen and oxygen atoms in total. The maximum absolute atomic E-state index is 12.8. The molecule has 0 aliphatic heterocycles. The zero-order valence-corrected chi connectivity index (χ0v) is 43.6. The Morgan fingerprint density at radius 1 is 0.328 bits per heavy atom. The van der Waals surface area contributed by atoms with E-state index in [1.807, 2.05) is 0 Å².